The Morgan fingerprint density at radius 1 is 1.00 bits per heavy atom. The molecule has 0 saturated heterocycles. The highest BCUT2D eigenvalue weighted by molar-refractivity contribution is 5.76. The van der Waals surface area contributed by atoms with Crippen LogP contribution >= 0.6 is 0 Å². The van der Waals surface area contributed by atoms with Gasteiger partial charge in [0.25, 0.3) is 0 Å². The molecule has 4 heteroatoms. The van der Waals surface area contributed by atoms with Gasteiger partial charge in [0.15, 0.2) is 11.5 Å². The van der Waals surface area contributed by atoms with Gasteiger partial charge in [0.1, 0.15) is 0 Å². The summed E-state index contributed by atoms with van der Waals surface area (Å²) < 4.78 is 10.5. The van der Waals surface area contributed by atoms with E-state index < -0.39 is 0 Å². The van der Waals surface area contributed by atoms with E-state index in [4.69, 9.17) is 9.47 Å². The van der Waals surface area contributed by atoms with E-state index in [-0.39, 0.29) is 5.91 Å². The Bertz CT molecular complexity index is 667. The molecular weight excluding hydrogens is 290 g/mol. The SMILES string of the molecule is COc1ccc(CCC(=O)NCc2cccc(C)c2)cc1OC. The highest BCUT2D eigenvalue weighted by Crippen LogP contribution is 2.27. The Morgan fingerprint density at radius 3 is 2.48 bits per heavy atom. The maximum atomic E-state index is 12.0. The van der Waals surface area contributed by atoms with Crippen LogP contribution in [-0.4, -0.2) is 20.1 Å². The topological polar surface area (TPSA) is 47.6 Å². The van der Waals surface area contributed by atoms with Crippen LogP contribution in [0.4, 0.5) is 0 Å². The van der Waals surface area contributed by atoms with E-state index in [0.29, 0.717) is 30.9 Å². The van der Waals surface area contributed by atoms with E-state index in [1.165, 1.54) is 5.56 Å². The summed E-state index contributed by atoms with van der Waals surface area (Å²) in [6.07, 6.45) is 1.11. The van der Waals surface area contributed by atoms with Gasteiger partial charge >= 0.3 is 0 Å². The van der Waals surface area contributed by atoms with Gasteiger partial charge in [-0.1, -0.05) is 35.9 Å². The molecule has 0 aliphatic carbocycles. The number of nitrogens with one attached hydrogen (secondary N) is 1. The Hall–Kier alpha value is -2.49. The number of ether oxygens (including phenoxy) is 2. The van der Waals surface area contributed by atoms with Crippen LogP contribution in [0.5, 0.6) is 11.5 Å². The number of hydrogen-bond acceptors (Lipinski definition) is 3. The first-order valence-corrected chi connectivity index (χ1v) is 7.65. The molecule has 2 rings (SSSR count). The standard InChI is InChI=1S/C19H23NO3/c1-14-5-4-6-16(11-14)13-20-19(21)10-8-15-7-9-17(22-2)18(12-15)23-3/h4-7,9,11-12H,8,10,13H2,1-3H3,(H,20,21). The van der Waals surface area contributed by atoms with E-state index in [1.54, 1.807) is 14.2 Å². The van der Waals surface area contributed by atoms with Gasteiger partial charge in [-0.3, -0.25) is 4.79 Å². The number of carbonyl (C=O) groups excluding carboxylic acids is 1. The van der Waals surface area contributed by atoms with Gasteiger partial charge in [-0.2, -0.15) is 0 Å². The molecule has 0 saturated carbocycles. The van der Waals surface area contributed by atoms with Gasteiger partial charge in [0.2, 0.25) is 5.91 Å². The number of methoxy groups -OCH3 is 2. The summed E-state index contributed by atoms with van der Waals surface area (Å²) in [5.41, 5.74) is 3.36. The van der Waals surface area contributed by atoms with E-state index in [2.05, 4.69) is 11.4 Å². The highest BCUT2D eigenvalue weighted by atomic mass is 16.5. The lowest BCUT2D eigenvalue weighted by molar-refractivity contribution is -0.121. The molecule has 0 heterocycles. The van der Waals surface area contributed by atoms with E-state index >= 15 is 0 Å². The van der Waals surface area contributed by atoms with Crippen LogP contribution in [0.25, 0.3) is 0 Å². The molecule has 0 atom stereocenters. The monoisotopic (exact) mass is 313 g/mol. The summed E-state index contributed by atoms with van der Waals surface area (Å²) in [5.74, 6) is 1.42. The third-order valence-electron chi connectivity index (χ3n) is 3.66. The molecule has 122 valence electrons. The van der Waals surface area contributed by atoms with Crippen LogP contribution in [0.15, 0.2) is 42.5 Å². The van der Waals surface area contributed by atoms with E-state index in [1.807, 2.05) is 43.3 Å². The molecule has 0 radical (unpaired) electrons. The average molecular weight is 313 g/mol. The summed E-state index contributed by atoms with van der Waals surface area (Å²) in [7, 11) is 3.21. The van der Waals surface area contributed by atoms with Crippen LogP contribution in [-0.2, 0) is 17.8 Å². The fourth-order valence-corrected chi connectivity index (χ4v) is 2.41. The second kappa shape index (κ2) is 8.22. The number of amides is 1. The third-order valence-corrected chi connectivity index (χ3v) is 3.66. The molecule has 2 aromatic rings. The zero-order chi connectivity index (χ0) is 16.7. The zero-order valence-corrected chi connectivity index (χ0v) is 13.9. The summed E-state index contributed by atoms with van der Waals surface area (Å²) in [5, 5.41) is 2.95. The summed E-state index contributed by atoms with van der Waals surface area (Å²) >= 11 is 0. The van der Waals surface area contributed by atoms with Crippen molar-refractivity contribution >= 4 is 5.91 Å². The Morgan fingerprint density at radius 2 is 1.78 bits per heavy atom. The lowest BCUT2D eigenvalue weighted by Gasteiger charge is -2.10. The normalized spacial score (nSPS) is 10.2. The van der Waals surface area contributed by atoms with Crippen molar-refractivity contribution in [2.45, 2.75) is 26.3 Å². The molecule has 0 fully saturated rings. The van der Waals surface area contributed by atoms with Crippen molar-refractivity contribution in [3.63, 3.8) is 0 Å². The van der Waals surface area contributed by atoms with Gasteiger partial charge in [0, 0.05) is 13.0 Å². The predicted molar refractivity (Wildman–Crippen MR) is 90.9 cm³/mol. The van der Waals surface area contributed by atoms with Crippen molar-refractivity contribution in [1.82, 2.24) is 5.32 Å². The smallest absolute Gasteiger partial charge is 0.220 e. The zero-order valence-electron chi connectivity index (χ0n) is 13.9. The van der Waals surface area contributed by atoms with Crippen molar-refractivity contribution in [2.24, 2.45) is 0 Å². The minimum absolute atomic E-state index is 0.0429. The second-order valence-corrected chi connectivity index (χ2v) is 5.46. The number of aryl methyl sites for hydroxylation is 2. The van der Waals surface area contributed by atoms with Gasteiger partial charge < -0.3 is 14.8 Å². The highest BCUT2D eigenvalue weighted by Gasteiger charge is 2.07. The molecule has 2 aromatic carbocycles. The fraction of sp³-hybridized carbons (Fsp3) is 0.316. The largest absolute Gasteiger partial charge is 0.493 e. The van der Waals surface area contributed by atoms with E-state index in [0.717, 1.165) is 11.1 Å². The van der Waals surface area contributed by atoms with Crippen LogP contribution < -0.4 is 14.8 Å². The Labute approximate surface area is 137 Å². The minimum atomic E-state index is 0.0429. The first-order chi connectivity index (χ1) is 11.1. The number of rotatable bonds is 7. The lowest BCUT2D eigenvalue weighted by atomic mass is 10.1. The van der Waals surface area contributed by atoms with Crippen LogP contribution in [0.1, 0.15) is 23.1 Å². The number of benzene rings is 2. The van der Waals surface area contributed by atoms with Crippen molar-refractivity contribution < 1.29 is 14.3 Å². The third kappa shape index (κ3) is 5.02. The van der Waals surface area contributed by atoms with Crippen molar-refractivity contribution in [2.75, 3.05) is 14.2 Å². The molecule has 0 aliphatic rings. The van der Waals surface area contributed by atoms with Gasteiger partial charge in [0.05, 0.1) is 14.2 Å². The molecule has 0 unspecified atom stereocenters. The second-order valence-electron chi connectivity index (χ2n) is 5.46. The first kappa shape index (κ1) is 16.9. The van der Waals surface area contributed by atoms with Crippen LogP contribution in [0.2, 0.25) is 0 Å². The number of carbonyl (C=O) groups is 1. The van der Waals surface area contributed by atoms with Crippen molar-refractivity contribution in [3.05, 3.63) is 59.2 Å². The molecule has 0 aromatic heterocycles. The number of hydrogen-bond donors (Lipinski definition) is 1. The maximum absolute atomic E-state index is 12.0. The van der Waals surface area contributed by atoms with Crippen molar-refractivity contribution in [1.29, 1.82) is 0 Å². The predicted octanol–water partition coefficient (Wildman–Crippen LogP) is 3.26. The molecule has 0 bridgehead atoms. The van der Waals surface area contributed by atoms with E-state index in [9.17, 15) is 4.79 Å². The van der Waals surface area contributed by atoms with Gasteiger partial charge in [-0.15, -0.1) is 0 Å². The molecule has 23 heavy (non-hydrogen) atoms. The molecule has 4 nitrogen and oxygen atoms in total. The Kier molecular flexibility index (Phi) is 6.03. The summed E-state index contributed by atoms with van der Waals surface area (Å²) in [6.45, 7) is 2.61. The molecule has 0 spiro atoms. The molecule has 0 aliphatic heterocycles. The summed E-state index contributed by atoms with van der Waals surface area (Å²) in [4.78, 5) is 12.0. The lowest BCUT2D eigenvalue weighted by Crippen LogP contribution is -2.23. The minimum Gasteiger partial charge on any atom is -0.493 e. The average Bonchev–Trinajstić information content (AvgIpc) is 2.57. The molecule has 1 N–H and O–H groups in total. The summed E-state index contributed by atoms with van der Waals surface area (Å²) in [6, 6.07) is 13.9. The maximum Gasteiger partial charge on any atom is 0.220 e. The molecule has 1 amide bonds. The first-order valence-electron chi connectivity index (χ1n) is 7.65. The molecular formula is C19H23NO3. The fourth-order valence-electron chi connectivity index (χ4n) is 2.41. The van der Waals surface area contributed by atoms with Gasteiger partial charge in [-0.05, 0) is 36.6 Å². The van der Waals surface area contributed by atoms with Crippen molar-refractivity contribution in [3.8, 4) is 11.5 Å². The quantitative estimate of drug-likeness (QED) is 0.853. The van der Waals surface area contributed by atoms with Gasteiger partial charge in [-0.25, -0.2) is 0 Å². The van der Waals surface area contributed by atoms with Crippen LogP contribution in [0, 0.1) is 6.92 Å². The van der Waals surface area contributed by atoms with Crippen LogP contribution in [0.3, 0.4) is 0 Å². The Balaban J connectivity index is 1.84.